The van der Waals surface area contributed by atoms with Gasteiger partial charge in [-0.05, 0) is 71.4 Å². The van der Waals surface area contributed by atoms with E-state index in [0.717, 1.165) is 21.7 Å². The summed E-state index contributed by atoms with van der Waals surface area (Å²) < 4.78 is 54.0. The average molecular weight is 609 g/mol. The monoisotopic (exact) mass is 608 g/mol. The van der Waals surface area contributed by atoms with Crippen LogP contribution in [-0.2, 0) is 31.5 Å². The van der Waals surface area contributed by atoms with Gasteiger partial charge in [0.25, 0.3) is 11.8 Å². The number of rotatable bonds is 4. The van der Waals surface area contributed by atoms with Crippen LogP contribution >= 0.6 is 11.6 Å². The predicted molar refractivity (Wildman–Crippen MR) is 149 cm³/mol. The van der Waals surface area contributed by atoms with Crippen LogP contribution < -0.4 is 16.0 Å². The van der Waals surface area contributed by atoms with E-state index in [0.29, 0.717) is 10.6 Å². The standard InChI is InChI=1S/C27H30ClFN4O7S/c1-26(2,3)33-25(36)39-22(31-33)17-11-20-21(12-18(17)29)41(37,38)14-19(30-24(35)40-27(4,5)6)23(34)32(20)13-15-7-9-16(28)10-8-15/h7-12,19H,13-14H2,1-6H3,(H,30,35)/t19-/m0/s1. The molecule has 0 saturated carbocycles. The number of hydrogen-bond donors (Lipinski definition) is 1. The van der Waals surface area contributed by atoms with Gasteiger partial charge in [0.1, 0.15) is 17.5 Å². The minimum atomic E-state index is -4.34. The number of carbonyl (C=O) groups excluding carboxylic acids is 2. The van der Waals surface area contributed by atoms with Crippen LogP contribution in [-0.4, -0.2) is 47.6 Å². The molecular weight excluding hydrogens is 579 g/mol. The third-order valence-corrected chi connectivity index (χ3v) is 8.00. The minimum absolute atomic E-state index is 0.156. The number of carbonyl (C=O) groups is 2. The molecule has 2 aromatic carbocycles. The summed E-state index contributed by atoms with van der Waals surface area (Å²) in [4.78, 5) is 39.5. The Morgan fingerprint density at radius 1 is 1.15 bits per heavy atom. The van der Waals surface area contributed by atoms with Gasteiger partial charge in [-0.15, -0.1) is 5.10 Å². The Bertz CT molecular complexity index is 1670. The topological polar surface area (TPSA) is 141 Å². The lowest BCUT2D eigenvalue weighted by Gasteiger charge is -2.27. The number of anilines is 1. The molecule has 0 bridgehead atoms. The van der Waals surface area contributed by atoms with Crippen LogP contribution in [0.3, 0.4) is 0 Å². The molecule has 41 heavy (non-hydrogen) atoms. The highest BCUT2D eigenvalue weighted by Crippen LogP contribution is 2.37. The highest BCUT2D eigenvalue weighted by Gasteiger charge is 2.40. The molecule has 2 heterocycles. The maximum Gasteiger partial charge on any atom is 0.437 e. The first kappa shape index (κ1) is 30.3. The number of ether oxygens (including phenoxy) is 1. The van der Waals surface area contributed by atoms with E-state index in [1.807, 2.05) is 0 Å². The molecule has 1 aliphatic heterocycles. The van der Waals surface area contributed by atoms with Gasteiger partial charge in [-0.25, -0.2) is 22.4 Å². The van der Waals surface area contributed by atoms with Gasteiger partial charge in [0.05, 0.1) is 34.0 Å². The van der Waals surface area contributed by atoms with E-state index >= 15 is 4.39 Å². The lowest BCUT2D eigenvalue weighted by atomic mass is 10.1. The molecule has 0 saturated heterocycles. The Kier molecular flexibility index (Phi) is 7.82. The van der Waals surface area contributed by atoms with Crippen molar-refractivity contribution in [3.8, 4) is 11.5 Å². The first-order chi connectivity index (χ1) is 18.9. The van der Waals surface area contributed by atoms with Crippen molar-refractivity contribution in [3.05, 3.63) is 63.4 Å². The molecule has 0 unspecified atom stereocenters. The van der Waals surface area contributed by atoms with Gasteiger partial charge in [0, 0.05) is 5.02 Å². The van der Waals surface area contributed by atoms with Crippen molar-refractivity contribution in [1.82, 2.24) is 15.1 Å². The van der Waals surface area contributed by atoms with Gasteiger partial charge in [-0.1, -0.05) is 23.7 Å². The molecule has 1 atom stereocenters. The summed E-state index contributed by atoms with van der Waals surface area (Å²) in [7, 11) is -4.34. The van der Waals surface area contributed by atoms with E-state index in [4.69, 9.17) is 20.8 Å². The maximum absolute atomic E-state index is 15.5. The highest BCUT2D eigenvalue weighted by atomic mass is 35.5. The molecule has 1 aliphatic rings. The number of alkyl carbamates (subject to hydrolysis) is 1. The second kappa shape index (κ2) is 10.6. The van der Waals surface area contributed by atoms with Crippen LogP contribution in [0, 0.1) is 5.82 Å². The molecule has 14 heteroatoms. The van der Waals surface area contributed by atoms with Crippen LogP contribution in [0.25, 0.3) is 11.5 Å². The van der Waals surface area contributed by atoms with Crippen LogP contribution in [0.4, 0.5) is 14.9 Å². The summed E-state index contributed by atoms with van der Waals surface area (Å²) in [6, 6.07) is 6.77. The molecule has 0 aliphatic carbocycles. The Morgan fingerprint density at radius 2 is 1.78 bits per heavy atom. The van der Waals surface area contributed by atoms with Crippen molar-refractivity contribution in [1.29, 1.82) is 0 Å². The Morgan fingerprint density at radius 3 is 2.34 bits per heavy atom. The average Bonchev–Trinajstić information content (AvgIpc) is 3.20. The highest BCUT2D eigenvalue weighted by molar-refractivity contribution is 7.91. The summed E-state index contributed by atoms with van der Waals surface area (Å²) in [5.74, 6) is -3.90. The number of halogens is 2. The number of hydrogen-bond acceptors (Lipinski definition) is 8. The molecule has 4 rings (SSSR count). The molecule has 0 fully saturated rings. The van der Waals surface area contributed by atoms with Crippen molar-refractivity contribution >= 4 is 39.1 Å². The van der Waals surface area contributed by atoms with Gasteiger partial charge in [0.15, 0.2) is 9.84 Å². The largest absolute Gasteiger partial charge is 0.444 e. The van der Waals surface area contributed by atoms with Crippen molar-refractivity contribution < 1.29 is 31.6 Å². The van der Waals surface area contributed by atoms with E-state index in [9.17, 15) is 22.8 Å². The molecule has 0 spiro atoms. The van der Waals surface area contributed by atoms with Crippen LogP contribution in [0.5, 0.6) is 0 Å². The number of amides is 2. The summed E-state index contributed by atoms with van der Waals surface area (Å²) in [5.41, 5.74) is -1.64. The smallest absolute Gasteiger partial charge is 0.437 e. The fraction of sp³-hybridized carbons (Fsp3) is 0.407. The molecule has 2 amide bonds. The normalized spacial score (nSPS) is 17.1. The van der Waals surface area contributed by atoms with E-state index < -0.39 is 67.1 Å². The lowest BCUT2D eigenvalue weighted by Crippen LogP contribution is -2.51. The Labute approximate surface area is 241 Å². The fourth-order valence-corrected chi connectivity index (χ4v) is 5.90. The SMILES string of the molecule is CC(C)(C)OC(=O)N[C@H]1CS(=O)(=O)c2cc(F)c(-c3nn(C(C)(C)C)c(=O)o3)cc2N(Cc2ccc(Cl)cc2)C1=O. The molecule has 3 aromatic rings. The van der Waals surface area contributed by atoms with Gasteiger partial charge in [0.2, 0.25) is 0 Å². The van der Waals surface area contributed by atoms with Crippen LogP contribution in [0.2, 0.25) is 5.02 Å². The zero-order chi connectivity index (χ0) is 30.5. The quantitative estimate of drug-likeness (QED) is 0.463. The van der Waals surface area contributed by atoms with E-state index in [2.05, 4.69) is 10.4 Å². The van der Waals surface area contributed by atoms with Gasteiger partial charge < -0.3 is 19.4 Å². The molecule has 1 aromatic heterocycles. The third-order valence-electron chi connectivity index (χ3n) is 5.98. The Hall–Kier alpha value is -3.71. The first-order valence-corrected chi connectivity index (χ1v) is 14.6. The van der Waals surface area contributed by atoms with Gasteiger partial charge in [-0.2, -0.15) is 4.68 Å². The first-order valence-electron chi connectivity index (χ1n) is 12.6. The summed E-state index contributed by atoms with van der Waals surface area (Å²) >= 11 is 6.01. The minimum Gasteiger partial charge on any atom is -0.444 e. The number of nitrogens with one attached hydrogen (secondary N) is 1. The Balaban J connectivity index is 1.88. The number of aromatic nitrogens is 2. The summed E-state index contributed by atoms with van der Waals surface area (Å²) in [6.07, 6.45) is -0.996. The van der Waals surface area contributed by atoms with Crippen molar-refractivity contribution in [3.63, 3.8) is 0 Å². The number of sulfone groups is 1. The van der Waals surface area contributed by atoms with Crippen molar-refractivity contribution in [2.75, 3.05) is 10.7 Å². The molecule has 220 valence electrons. The fourth-order valence-electron chi connectivity index (χ4n) is 4.15. The molecule has 1 N–H and O–H groups in total. The van der Waals surface area contributed by atoms with Crippen LogP contribution in [0.1, 0.15) is 47.1 Å². The maximum atomic E-state index is 15.5. The predicted octanol–water partition coefficient (Wildman–Crippen LogP) is 4.26. The zero-order valence-electron chi connectivity index (χ0n) is 23.3. The summed E-state index contributed by atoms with van der Waals surface area (Å²) in [6.45, 7) is 9.79. The number of fused-ring (bicyclic) bond motifs is 1. The van der Waals surface area contributed by atoms with Gasteiger partial charge >= 0.3 is 11.8 Å². The lowest BCUT2D eigenvalue weighted by molar-refractivity contribution is -0.120. The third kappa shape index (κ3) is 6.62. The number of benzene rings is 2. The number of nitrogens with zero attached hydrogens (tertiary/aromatic N) is 3. The van der Waals surface area contributed by atoms with Crippen molar-refractivity contribution in [2.24, 2.45) is 0 Å². The molecule has 11 nitrogen and oxygen atoms in total. The van der Waals surface area contributed by atoms with E-state index in [-0.39, 0.29) is 17.8 Å². The zero-order valence-corrected chi connectivity index (χ0v) is 24.9. The van der Waals surface area contributed by atoms with E-state index in [1.165, 1.54) is 0 Å². The second-order valence-electron chi connectivity index (χ2n) is 11.6. The molecular formula is C27H30ClFN4O7S. The van der Waals surface area contributed by atoms with Crippen LogP contribution in [0.15, 0.2) is 50.5 Å². The molecule has 0 radical (unpaired) electrons. The second-order valence-corrected chi connectivity index (χ2v) is 14.0. The van der Waals surface area contributed by atoms with E-state index in [1.54, 1.807) is 65.8 Å². The van der Waals surface area contributed by atoms with Crippen molar-refractivity contribution in [2.45, 2.75) is 70.2 Å². The summed E-state index contributed by atoms with van der Waals surface area (Å²) in [5, 5.41) is 6.89. The van der Waals surface area contributed by atoms with Gasteiger partial charge in [-0.3, -0.25) is 4.79 Å².